The molecular formula is C20H34N4O2. The van der Waals surface area contributed by atoms with Crippen LogP contribution in [0.1, 0.15) is 57.7 Å². The molecule has 0 radical (unpaired) electrons. The van der Waals surface area contributed by atoms with Crippen molar-refractivity contribution < 1.29 is 9.53 Å². The number of carbonyl (C=O) groups excluding carboxylic acids is 1. The summed E-state index contributed by atoms with van der Waals surface area (Å²) in [5, 5.41) is 0. The minimum atomic E-state index is 0.0157. The lowest BCUT2D eigenvalue weighted by atomic mass is 9.95. The van der Waals surface area contributed by atoms with Gasteiger partial charge in [-0.05, 0) is 25.7 Å². The third kappa shape index (κ3) is 4.46. The Hall–Kier alpha value is -1.40. The fourth-order valence-electron chi connectivity index (χ4n) is 4.25. The van der Waals surface area contributed by atoms with E-state index >= 15 is 0 Å². The van der Waals surface area contributed by atoms with Gasteiger partial charge in [-0.3, -0.25) is 9.69 Å². The quantitative estimate of drug-likeness (QED) is 0.748. The highest BCUT2D eigenvalue weighted by Gasteiger charge is 2.32. The Morgan fingerprint density at radius 1 is 1.23 bits per heavy atom. The molecule has 3 rings (SSSR count). The highest BCUT2D eigenvalue weighted by molar-refractivity contribution is 5.82. The van der Waals surface area contributed by atoms with E-state index in [1.54, 1.807) is 0 Å². The highest BCUT2D eigenvalue weighted by atomic mass is 16.5. The number of carbonyl (C=O) groups is 1. The van der Waals surface area contributed by atoms with Crippen LogP contribution in [-0.4, -0.2) is 70.7 Å². The second kappa shape index (κ2) is 9.51. The second-order valence-electron chi connectivity index (χ2n) is 7.50. The molecular weight excluding hydrogens is 328 g/mol. The van der Waals surface area contributed by atoms with Crippen molar-refractivity contribution in [2.75, 3.05) is 39.4 Å². The summed E-state index contributed by atoms with van der Waals surface area (Å²) in [4.78, 5) is 22.1. The number of unbranched alkanes of at least 4 members (excludes halogenated alkanes) is 1. The van der Waals surface area contributed by atoms with Gasteiger partial charge in [-0.2, -0.15) is 0 Å². The Kier molecular flexibility index (Phi) is 7.08. The average molecular weight is 363 g/mol. The number of piperidine rings is 1. The SMILES string of the molecule is CCCCn1ccnc1C1CCN(C(=O)C(CC)N2CCOCC2)CC1. The number of hydrogen-bond acceptors (Lipinski definition) is 4. The van der Waals surface area contributed by atoms with Gasteiger partial charge in [0.15, 0.2) is 0 Å². The van der Waals surface area contributed by atoms with Crippen LogP contribution >= 0.6 is 0 Å². The van der Waals surface area contributed by atoms with Gasteiger partial charge in [-0.1, -0.05) is 20.3 Å². The Morgan fingerprint density at radius 2 is 1.96 bits per heavy atom. The fraction of sp³-hybridized carbons (Fsp3) is 0.800. The summed E-state index contributed by atoms with van der Waals surface area (Å²) in [6.45, 7) is 10.3. The summed E-state index contributed by atoms with van der Waals surface area (Å²) in [5.74, 6) is 2.00. The third-order valence-corrected chi connectivity index (χ3v) is 5.83. The van der Waals surface area contributed by atoms with E-state index in [1.165, 1.54) is 18.7 Å². The van der Waals surface area contributed by atoms with Crippen LogP contribution in [0.4, 0.5) is 0 Å². The normalized spacial score (nSPS) is 21.1. The standard InChI is InChI=1S/C20H34N4O2/c1-3-5-9-23-12-8-21-19(23)17-6-10-24(11-7-17)20(25)18(4-2)22-13-15-26-16-14-22/h8,12,17-18H,3-7,9-11,13-16H2,1-2H3. The number of hydrogen-bond donors (Lipinski definition) is 0. The summed E-state index contributed by atoms with van der Waals surface area (Å²) < 4.78 is 7.75. The molecule has 2 fully saturated rings. The first-order valence-corrected chi connectivity index (χ1v) is 10.4. The van der Waals surface area contributed by atoms with Crippen molar-refractivity contribution in [2.24, 2.45) is 0 Å². The third-order valence-electron chi connectivity index (χ3n) is 5.83. The van der Waals surface area contributed by atoms with Crippen LogP contribution in [0.15, 0.2) is 12.4 Å². The number of imidazole rings is 1. The Labute approximate surface area is 157 Å². The summed E-state index contributed by atoms with van der Waals surface area (Å²) in [6.07, 6.45) is 9.34. The van der Waals surface area contributed by atoms with Crippen LogP contribution in [0, 0.1) is 0 Å². The Morgan fingerprint density at radius 3 is 2.62 bits per heavy atom. The van der Waals surface area contributed by atoms with Gasteiger partial charge in [-0.25, -0.2) is 4.98 Å². The van der Waals surface area contributed by atoms with E-state index in [1.807, 2.05) is 6.20 Å². The second-order valence-corrected chi connectivity index (χ2v) is 7.50. The topological polar surface area (TPSA) is 50.6 Å². The van der Waals surface area contributed by atoms with Gasteiger partial charge in [0.1, 0.15) is 5.82 Å². The van der Waals surface area contributed by atoms with Crippen LogP contribution in [0.25, 0.3) is 0 Å². The van der Waals surface area contributed by atoms with Gasteiger partial charge in [-0.15, -0.1) is 0 Å². The van der Waals surface area contributed by atoms with E-state index in [0.29, 0.717) is 11.8 Å². The monoisotopic (exact) mass is 362 g/mol. The van der Waals surface area contributed by atoms with Gasteiger partial charge in [0.2, 0.25) is 5.91 Å². The first kappa shape index (κ1) is 19.4. The van der Waals surface area contributed by atoms with Crippen molar-refractivity contribution >= 4 is 5.91 Å². The molecule has 3 heterocycles. The first-order chi connectivity index (χ1) is 12.7. The largest absolute Gasteiger partial charge is 0.379 e. The lowest BCUT2D eigenvalue weighted by Crippen LogP contribution is -2.53. The maximum Gasteiger partial charge on any atom is 0.239 e. The van der Waals surface area contributed by atoms with E-state index in [9.17, 15) is 4.79 Å². The molecule has 2 saturated heterocycles. The number of ether oxygens (including phenoxy) is 1. The zero-order valence-corrected chi connectivity index (χ0v) is 16.4. The molecule has 1 atom stereocenters. The predicted molar refractivity (Wildman–Crippen MR) is 102 cm³/mol. The van der Waals surface area contributed by atoms with E-state index in [2.05, 4.69) is 39.4 Å². The number of rotatable bonds is 7. The minimum absolute atomic E-state index is 0.0157. The molecule has 6 heteroatoms. The summed E-state index contributed by atoms with van der Waals surface area (Å²) in [5.41, 5.74) is 0. The molecule has 0 saturated carbocycles. The van der Waals surface area contributed by atoms with Crippen molar-refractivity contribution in [1.29, 1.82) is 0 Å². The number of likely N-dealkylation sites (tertiary alicyclic amines) is 1. The number of amides is 1. The van der Waals surface area contributed by atoms with Crippen LogP contribution in [0.2, 0.25) is 0 Å². The predicted octanol–water partition coefficient (Wildman–Crippen LogP) is 2.50. The van der Waals surface area contributed by atoms with Crippen LogP contribution in [-0.2, 0) is 16.1 Å². The van der Waals surface area contributed by atoms with Crippen LogP contribution < -0.4 is 0 Å². The lowest BCUT2D eigenvalue weighted by molar-refractivity contribution is -0.140. The van der Waals surface area contributed by atoms with Gasteiger partial charge in [0, 0.05) is 51.0 Å². The van der Waals surface area contributed by atoms with Crippen molar-refractivity contribution in [2.45, 2.75) is 64.5 Å². The van der Waals surface area contributed by atoms with Crippen LogP contribution in [0.5, 0.6) is 0 Å². The molecule has 0 N–H and O–H groups in total. The number of nitrogens with zero attached hydrogens (tertiary/aromatic N) is 4. The van der Waals surface area contributed by atoms with Gasteiger partial charge in [0.25, 0.3) is 0 Å². The van der Waals surface area contributed by atoms with E-state index in [0.717, 1.165) is 65.2 Å². The molecule has 1 aromatic heterocycles. The van der Waals surface area contributed by atoms with E-state index < -0.39 is 0 Å². The molecule has 2 aliphatic heterocycles. The summed E-state index contributed by atoms with van der Waals surface area (Å²) in [7, 11) is 0. The molecule has 0 bridgehead atoms. The van der Waals surface area contributed by atoms with Gasteiger partial charge >= 0.3 is 0 Å². The zero-order chi connectivity index (χ0) is 18.4. The summed E-state index contributed by atoms with van der Waals surface area (Å²) >= 11 is 0. The molecule has 26 heavy (non-hydrogen) atoms. The number of morpholine rings is 1. The van der Waals surface area contributed by atoms with Crippen molar-refractivity contribution in [1.82, 2.24) is 19.4 Å². The summed E-state index contributed by atoms with van der Waals surface area (Å²) in [6, 6.07) is 0.0157. The van der Waals surface area contributed by atoms with E-state index in [4.69, 9.17) is 4.74 Å². The van der Waals surface area contributed by atoms with E-state index in [-0.39, 0.29) is 6.04 Å². The zero-order valence-electron chi connectivity index (χ0n) is 16.4. The number of aryl methyl sites for hydroxylation is 1. The lowest BCUT2D eigenvalue weighted by Gasteiger charge is -2.38. The Balaban J connectivity index is 1.55. The van der Waals surface area contributed by atoms with Gasteiger partial charge in [0.05, 0.1) is 19.3 Å². The Bertz CT molecular complexity index is 560. The van der Waals surface area contributed by atoms with Crippen molar-refractivity contribution in [3.8, 4) is 0 Å². The average Bonchev–Trinajstić information content (AvgIpc) is 3.16. The molecule has 0 aliphatic carbocycles. The fourth-order valence-corrected chi connectivity index (χ4v) is 4.25. The van der Waals surface area contributed by atoms with Gasteiger partial charge < -0.3 is 14.2 Å². The maximum absolute atomic E-state index is 13.1. The minimum Gasteiger partial charge on any atom is -0.379 e. The maximum atomic E-state index is 13.1. The van der Waals surface area contributed by atoms with Crippen molar-refractivity contribution in [3.63, 3.8) is 0 Å². The molecule has 0 aromatic carbocycles. The molecule has 2 aliphatic rings. The number of aromatic nitrogens is 2. The van der Waals surface area contributed by atoms with Crippen molar-refractivity contribution in [3.05, 3.63) is 18.2 Å². The molecule has 1 unspecified atom stereocenters. The molecule has 1 aromatic rings. The highest BCUT2D eigenvalue weighted by Crippen LogP contribution is 2.28. The molecule has 1 amide bonds. The molecule has 0 spiro atoms. The molecule has 146 valence electrons. The molecule has 6 nitrogen and oxygen atoms in total. The smallest absolute Gasteiger partial charge is 0.239 e. The first-order valence-electron chi connectivity index (χ1n) is 10.4. The van der Waals surface area contributed by atoms with Crippen LogP contribution in [0.3, 0.4) is 0 Å².